The molecule has 5 nitrogen and oxygen atoms in total. The quantitative estimate of drug-likeness (QED) is 0.368. The number of hydrogen-bond donors (Lipinski definition) is 0. The van der Waals surface area contributed by atoms with Crippen LogP contribution in [0.2, 0.25) is 0 Å². The van der Waals surface area contributed by atoms with E-state index in [0.717, 1.165) is 0 Å². The highest BCUT2D eigenvalue weighted by Crippen LogP contribution is 2.05. The molecule has 0 amide bonds. The molecule has 0 spiro atoms. The molecule has 11 heavy (non-hydrogen) atoms. The molecule has 0 saturated heterocycles. The maximum Gasteiger partial charge on any atom is 0.260 e. The second-order valence-electron chi connectivity index (χ2n) is 1.91. The van der Waals surface area contributed by atoms with Gasteiger partial charge in [0.1, 0.15) is 0 Å². The average molecular weight is 155 g/mol. The van der Waals surface area contributed by atoms with Crippen LogP contribution in [0.5, 0.6) is 0 Å². The molecule has 0 unspecified atom stereocenters. The van der Waals surface area contributed by atoms with E-state index in [1.54, 1.807) is 0 Å². The molecule has 1 heterocycles. The van der Waals surface area contributed by atoms with E-state index in [2.05, 4.69) is 0 Å². The van der Waals surface area contributed by atoms with Gasteiger partial charge in [-0.15, -0.1) is 0 Å². The van der Waals surface area contributed by atoms with Gasteiger partial charge in [0.15, 0.2) is 17.8 Å². The Morgan fingerprint density at radius 3 is 2.82 bits per heavy atom. The van der Waals surface area contributed by atoms with Crippen molar-refractivity contribution in [1.82, 2.24) is 0 Å². The van der Waals surface area contributed by atoms with Crippen LogP contribution in [0.1, 0.15) is 16.3 Å². The first-order valence-corrected chi connectivity index (χ1v) is 2.88. The molecule has 1 aromatic rings. The zero-order valence-corrected chi connectivity index (χ0v) is 5.52. The van der Waals surface area contributed by atoms with E-state index in [0.29, 0.717) is 6.29 Å². The minimum Gasteiger partial charge on any atom is -0.451 e. The van der Waals surface area contributed by atoms with Crippen LogP contribution in [-0.2, 0) is 6.54 Å². The van der Waals surface area contributed by atoms with Crippen molar-refractivity contribution >= 4 is 6.29 Å². The Balaban J connectivity index is 2.72. The van der Waals surface area contributed by atoms with Crippen molar-refractivity contribution in [2.75, 3.05) is 0 Å². The van der Waals surface area contributed by atoms with Crippen molar-refractivity contribution in [3.8, 4) is 0 Å². The molecule has 0 saturated carbocycles. The Hall–Kier alpha value is -1.65. The van der Waals surface area contributed by atoms with Crippen molar-refractivity contribution in [1.29, 1.82) is 0 Å². The summed E-state index contributed by atoms with van der Waals surface area (Å²) in [5.41, 5.74) is 0. The summed E-state index contributed by atoms with van der Waals surface area (Å²) in [7, 11) is 0. The van der Waals surface area contributed by atoms with Gasteiger partial charge in [-0.25, -0.2) is 0 Å². The SMILES string of the molecule is O=Cc1ccc(C[N+](=O)[O-])o1. The van der Waals surface area contributed by atoms with Gasteiger partial charge in [0.2, 0.25) is 0 Å². The maximum absolute atomic E-state index is 10.0. The third kappa shape index (κ3) is 1.89. The van der Waals surface area contributed by atoms with Crippen LogP contribution in [0.3, 0.4) is 0 Å². The monoisotopic (exact) mass is 155 g/mol. The first kappa shape index (κ1) is 7.46. The van der Waals surface area contributed by atoms with Crippen molar-refractivity contribution in [2.24, 2.45) is 0 Å². The third-order valence-electron chi connectivity index (χ3n) is 1.08. The van der Waals surface area contributed by atoms with Gasteiger partial charge in [0.05, 0.1) is 0 Å². The van der Waals surface area contributed by atoms with Crippen LogP contribution < -0.4 is 0 Å². The number of rotatable bonds is 3. The molecule has 0 aromatic carbocycles. The zero-order chi connectivity index (χ0) is 8.27. The summed E-state index contributed by atoms with van der Waals surface area (Å²) in [5, 5.41) is 9.92. The fourth-order valence-electron chi connectivity index (χ4n) is 0.670. The summed E-state index contributed by atoms with van der Waals surface area (Å²) in [6.45, 7) is -0.381. The molecule has 0 aliphatic carbocycles. The molecule has 0 bridgehead atoms. The van der Waals surface area contributed by atoms with Crippen LogP contribution in [0, 0.1) is 10.1 Å². The summed E-state index contributed by atoms with van der Waals surface area (Å²) >= 11 is 0. The maximum atomic E-state index is 10.0. The van der Waals surface area contributed by atoms with E-state index in [9.17, 15) is 14.9 Å². The van der Waals surface area contributed by atoms with Crippen molar-refractivity contribution in [2.45, 2.75) is 6.54 Å². The summed E-state index contributed by atoms with van der Waals surface area (Å²) in [6.07, 6.45) is 0.503. The molecule has 1 aromatic heterocycles. The first-order valence-electron chi connectivity index (χ1n) is 2.88. The third-order valence-corrected chi connectivity index (χ3v) is 1.08. The van der Waals surface area contributed by atoms with Crippen molar-refractivity contribution in [3.63, 3.8) is 0 Å². The number of carbonyl (C=O) groups excluding carboxylic acids is 1. The van der Waals surface area contributed by atoms with Gasteiger partial charge < -0.3 is 4.42 Å². The molecular weight excluding hydrogens is 150 g/mol. The highest BCUT2D eigenvalue weighted by atomic mass is 16.6. The highest BCUT2D eigenvalue weighted by molar-refractivity contribution is 5.70. The number of hydrogen-bond acceptors (Lipinski definition) is 4. The van der Waals surface area contributed by atoms with Crippen LogP contribution in [-0.4, -0.2) is 11.2 Å². The van der Waals surface area contributed by atoms with Crippen LogP contribution in [0.25, 0.3) is 0 Å². The fourth-order valence-corrected chi connectivity index (χ4v) is 0.670. The molecule has 5 heteroatoms. The Bertz CT molecular complexity index is 278. The molecule has 1 rings (SSSR count). The Kier molecular flexibility index (Phi) is 2.00. The van der Waals surface area contributed by atoms with Crippen LogP contribution >= 0.6 is 0 Å². The van der Waals surface area contributed by atoms with Crippen molar-refractivity contribution in [3.05, 3.63) is 33.8 Å². The van der Waals surface area contributed by atoms with E-state index in [1.165, 1.54) is 12.1 Å². The largest absolute Gasteiger partial charge is 0.451 e. The van der Waals surface area contributed by atoms with Crippen LogP contribution in [0.15, 0.2) is 16.5 Å². The van der Waals surface area contributed by atoms with Gasteiger partial charge in [-0.2, -0.15) is 0 Å². The van der Waals surface area contributed by atoms with E-state index < -0.39 is 4.92 Å². The Morgan fingerprint density at radius 1 is 1.64 bits per heavy atom. The minimum atomic E-state index is -0.520. The molecule has 0 N–H and O–H groups in total. The molecule has 0 aliphatic heterocycles. The van der Waals surface area contributed by atoms with Gasteiger partial charge in [0, 0.05) is 4.92 Å². The standard InChI is InChI=1S/C6H5NO4/c8-4-6-2-1-5(11-6)3-7(9)10/h1-2,4H,3H2. The second kappa shape index (κ2) is 2.96. The van der Waals surface area contributed by atoms with Gasteiger partial charge in [-0.3, -0.25) is 14.9 Å². The summed E-state index contributed by atoms with van der Waals surface area (Å²) in [4.78, 5) is 19.4. The fraction of sp³-hybridized carbons (Fsp3) is 0.167. The molecule has 0 atom stereocenters. The lowest BCUT2D eigenvalue weighted by molar-refractivity contribution is -0.499. The van der Waals surface area contributed by atoms with Gasteiger partial charge in [0.25, 0.3) is 6.54 Å². The van der Waals surface area contributed by atoms with E-state index >= 15 is 0 Å². The summed E-state index contributed by atoms with van der Waals surface area (Å²) in [5.74, 6) is 0.305. The molecule has 58 valence electrons. The predicted molar refractivity (Wildman–Crippen MR) is 34.8 cm³/mol. The molecule has 0 radical (unpaired) electrons. The van der Waals surface area contributed by atoms with Crippen molar-refractivity contribution < 1.29 is 14.1 Å². The highest BCUT2D eigenvalue weighted by Gasteiger charge is 2.05. The number of furan rings is 1. The van der Waals surface area contributed by atoms with Crippen LogP contribution in [0.4, 0.5) is 0 Å². The Morgan fingerprint density at radius 2 is 2.36 bits per heavy atom. The second-order valence-corrected chi connectivity index (χ2v) is 1.91. The number of aldehydes is 1. The van der Waals surface area contributed by atoms with Gasteiger partial charge >= 0.3 is 0 Å². The Labute approximate surface area is 61.8 Å². The van der Waals surface area contributed by atoms with E-state index in [4.69, 9.17) is 4.42 Å². The predicted octanol–water partition coefficient (Wildman–Crippen LogP) is 0.869. The normalized spacial score (nSPS) is 9.45. The van der Waals surface area contributed by atoms with E-state index in [1.807, 2.05) is 0 Å². The topological polar surface area (TPSA) is 73.3 Å². The lowest BCUT2D eigenvalue weighted by Gasteiger charge is -1.85. The average Bonchev–Trinajstić information content (AvgIpc) is 2.34. The first-order chi connectivity index (χ1) is 5.22. The van der Waals surface area contributed by atoms with E-state index in [-0.39, 0.29) is 18.1 Å². The molecular formula is C6H5NO4. The molecule has 0 fully saturated rings. The zero-order valence-electron chi connectivity index (χ0n) is 5.52. The number of carbonyl (C=O) groups is 1. The van der Waals surface area contributed by atoms with Gasteiger partial charge in [-0.1, -0.05) is 0 Å². The summed E-state index contributed by atoms with van der Waals surface area (Å²) in [6, 6.07) is 2.80. The smallest absolute Gasteiger partial charge is 0.260 e. The lowest BCUT2D eigenvalue weighted by atomic mass is 10.4. The minimum absolute atomic E-state index is 0.113. The van der Waals surface area contributed by atoms with Gasteiger partial charge in [-0.05, 0) is 12.1 Å². The lowest BCUT2D eigenvalue weighted by Crippen LogP contribution is -1.95. The number of nitrogens with zero attached hydrogens (tertiary/aromatic N) is 1. The summed E-state index contributed by atoms with van der Waals surface area (Å²) < 4.78 is 4.73. The number of nitro groups is 1. The molecule has 0 aliphatic rings.